The summed E-state index contributed by atoms with van der Waals surface area (Å²) >= 11 is 6.01. The lowest BCUT2D eigenvalue weighted by Crippen LogP contribution is -2.26. The molecule has 0 aliphatic heterocycles. The quantitative estimate of drug-likeness (QED) is 0.258. The van der Waals surface area contributed by atoms with Gasteiger partial charge in [0.25, 0.3) is 0 Å². The van der Waals surface area contributed by atoms with Crippen LogP contribution in [-0.4, -0.2) is 46.4 Å². The van der Waals surface area contributed by atoms with Crippen molar-refractivity contribution in [2.45, 2.75) is 37.6 Å². The summed E-state index contributed by atoms with van der Waals surface area (Å²) in [5, 5.41) is 18.3. The van der Waals surface area contributed by atoms with Crippen molar-refractivity contribution in [1.29, 1.82) is 0 Å². The Morgan fingerprint density at radius 3 is 2.51 bits per heavy atom. The number of hydrogen-bond acceptors (Lipinski definition) is 7. The van der Waals surface area contributed by atoms with Gasteiger partial charge in [-0.2, -0.15) is 5.10 Å². The fourth-order valence-corrected chi connectivity index (χ4v) is 4.76. The monoisotopic (exact) mass is 540 g/mol. The number of phenolic OH excluding ortho intramolecular Hbond substituents is 1. The average Bonchev–Trinajstić information content (AvgIpc) is 3.33. The summed E-state index contributed by atoms with van der Waals surface area (Å²) in [5.41, 5.74) is 2.52. The Bertz CT molecular complexity index is 1480. The third-order valence-electron chi connectivity index (χ3n) is 5.53. The Morgan fingerprint density at radius 1 is 1.05 bits per heavy atom. The predicted molar refractivity (Wildman–Crippen MR) is 145 cm³/mol. The molecule has 0 unspecified atom stereocenters. The summed E-state index contributed by atoms with van der Waals surface area (Å²) in [6.45, 7) is 6.88. The second kappa shape index (κ2) is 10.9. The maximum absolute atomic E-state index is 12.3. The largest absolute Gasteiger partial charge is 0.506 e. The molecule has 11 heteroatoms. The summed E-state index contributed by atoms with van der Waals surface area (Å²) in [7, 11) is -3.54. The third kappa shape index (κ3) is 6.46. The maximum atomic E-state index is 12.3. The Morgan fingerprint density at radius 2 is 1.81 bits per heavy atom. The van der Waals surface area contributed by atoms with Crippen LogP contribution in [0.1, 0.15) is 27.2 Å². The molecule has 0 aliphatic carbocycles. The average molecular weight is 541 g/mol. The van der Waals surface area contributed by atoms with Crippen molar-refractivity contribution in [3.63, 3.8) is 0 Å². The minimum Gasteiger partial charge on any atom is -0.506 e. The summed E-state index contributed by atoms with van der Waals surface area (Å²) in [5.74, 6) is 0.389. The fraction of sp³-hybridized carbons (Fsp3) is 0.269. The van der Waals surface area contributed by atoms with E-state index in [2.05, 4.69) is 20.0 Å². The van der Waals surface area contributed by atoms with E-state index < -0.39 is 10.0 Å². The van der Waals surface area contributed by atoms with Gasteiger partial charge < -0.3 is 10.4 Å². The standard InChI is InChI=1S/C26H29ClN6O3S/c1-26(2,3)33-17-20(24(32-33)18-10-11-21(27)23(34)16-18)22-12-15-29-25(31-22)28-13-7-14-30-37(35,36)19-8-5-4-6-9-19/h4-6,8-12,15-17,30,34H,7,13-14H2,1-3H3,(H,28,29,31). The number of anilines is 1. The van der Waals surface area contributed by atoms with Crippen LogP contribution < -0.4 is 10.0 Å². The molecule has 2 heterocycles. The van der Waals surface area contributed by atoms with Gasteiger partial charge in [0.1, 0.15) is 11.4 Å². The number of halogens is 1. The molecular weight excluding hydrogens is 512 g/mol. The Balaban J connectivity index is 1.48. The van der Waals surface area contributed by atoms with Crippen molar-refractivity contribution in [2.24, 2.45) is 0 Å². The van der Waals surface area contributed by atoms with Crippen LogP contribution in [0.2, 0.25) is 5.02 Å². The third-order valence-corrected chi connectivity index (χ3v) is 7.33. The molecule has 4 rings (SSSR count). The van der Waals surface area contributed by atoms with Crippen LogP contribution in [0, 0.1) is 0 Å². The molecule has 0 aliphatic rings. The van der Waals surface area contributed by atoms with Gasteiger partial charge in [0.15, 0.2) is 0 Å². The van der Waals surface area contributed by atoms with Gasteiger partial charge >= 0.3 is 0 Å². The van der Waals surface area contributed by atoms with Gasteiger partial charge in [0.05, 0.1) is 21.2 Å². The summed E-state index contributed by atoms with van der Waals surface area (Å²) in [6, 6.07) is 15.1. The highest BCUT2D eigenvalue weighted by molar-refractivity contribution is 7.89. The minimum atomic E-state index is -3.54. The van der Waals surface area contributed by atoms with E-state index in [1.807, 2.05) is 31.6 Å². The number of hydrogen-bond donors (Lipinski definition) is 3. The van der Waals surface area contributed by atoms with Crippen molar-refractivity contribution >= 4 is 27.6 Å². The molecule has 3 N–H and O–H groups in total. The molecule has 9 nitrogen and oxygen atoms in total. The summed E-state index contributed by atoms with van der Waals surface area (Å²) in [6.07, 6.45) is 4.11. The van der Waals surface area contributed by atoms with Crippen molar-refractivity contribution in [2.75, 3.05) is 18.4 Å². The zero-order chi connectivity index (χ0) is 26.6. The number of aromatic nitrogens is 4. The predicted octanol–water partition coefficient (Wildman–Crippen LogP) is 4.90. The molecule has 194 valence electrons. The molecular formula is C26H29ClN6O3S. The Hall–Kier alpha value is -3.47. The molecule has 37 heavy (non-hydrogen) atoms. The first kappa shape index (κ1) is 26.6. The van der Waals surface area contributed by atoms with E-state index >= 15 is 0 Å². The zero-order valence-electron chi connectivity index (χ0n) is 20.8. The first-order valence-corrected chi connectivity index (χ1v) is 13.6. The lowest BCUT2D eigenvalue weighted by molar-refractivity contribution is 0.356. The number of benzene rings is 2. The van der Waals surface area contributed by atoms with E-state index in [-0.39, 0.29) is 27.8 Å². The van der Waals surface area contributed by atoms with Crippen LogP contribution in [0.15, 0.2) is 71.9 Å². The second-order valence-corrected chi connectivity index (χ2v) is 11.6. The smallest absolute Gasteiger partial charge is 0.240 e. The molecule has 0 radical (unpaired) electrons. The Labute approximate surface area is 221 Å². The van der Waals surface area contributed by atoms with E-state index in [4.69, 9.17) is 16.7 Å². The molecule has 2 aromatic carbocycles. The summed E-state index contributed by atoms with van der Waals surface area (Å²) in [4.78, 5) is 9.19. The van der Waals surface area contributed by atoms with Crippen LogP contribution >= 0.6 is 11.6 Å². The molecule has 0 saturated heterocycles. The van der Waals surface area contributed by atoms with Gasteiger partial charge in [-0.1, -0.05) is 35.9 Å². The molecule has 0 fully saturated rings. The highest BCUT2D eigenvalue weighted by atomic mass is 35.5. The van der Waals surface area contributed by atoms with Crippen LogP contribution in [0.4, 0.5) is 5.95 Å². The highest BCUT2D eigenvalue weighted by Gasteiger charge is 2.21. The fourth-order valence-electron chi connectivity index (χ4n) is 3.55. The number of aromatic hydroxyl groups is 1. The first-order valence-electron chi connectivity index (χ1n) is 11.8. The van der Waals surface area contributed by atoms with Gasteiger partial charge in [-0.05, 0) is 57.5 Å². The molecule has 0 atom stereocenters. The number of sulfonamides is 1. The number of phenols is 1. The van der Waals surface area contributed by atoms with E-state index in [9.17, 15) is 13.5 Å². The lowest BCUT2D eigenvalue weighted by Gasteiger charge is -2.18. The van der Waals surface area contributed by atoms with Crippen molar-refractivity contribution in [1.82, 2.24) is 24.5 Å². The second-order valence-electron chi connectivity index (χ2n) is 9.43. The van der Waals surface area contributed by atoms with E-state index in [1.165, 1.54) is 0 Å². The van der Waals surface area contributed by atoms with Crippen molar-refractivity contribution < 1.29 is 13.5 Å². The number of rotatable bonds is 9. The molecule has 0 spiro atoms. The van der Waals surface area contributed by atoms with Gasteiger partial charge in [-0.15, -0.1) is 0 Å². The first-order chi connectivity index (χ1) is 17.5. The van der Waals surface area contributed by atoms with E-state index in [1.54, 1.807) is 60.8 Å². The number of nitrogens with one attached hydrogen (secondary N) is 2. The molecule has 0 bridgehead atoms. The molecule has 0 saturated carbocycles. The highest BCUT2D eigenvalue weighted by Crippen LogP contribution is 2.35. The minimum absolute atomic E-state index is 0.0247. The van der Waals surface area contributed by atoms with Crippen LogP contribution in [0.25, 0.3) is 22.5 Å². The normalized spacial score (nSPS) is 12.0. The molecule has 0 amide bonds. The van der Waals surface area contributed by atoms with E-state index in [0.29, 0.717) is 35.9 Å². The number of nitrogens with zero attached hydrogens (tertiary/aromatic N) is 4. The van der Waals surface area contributed by atoms with Gasteiger partial charge in [-0.3, -0.25) is 4.68 Å². The summed E-state index contributed by atoms with van der Waals surface area (Å²) < 4.78 is 29.1. The Kier molecular flexibility index (Phi) is 7.82. The van der Waals surface area contributed by atoms with Gasteiger partial charge in [-0.25, -0.2) is 23.1 Å². The zero-order valence-corrected chi connectivity index (χ0v) is 22.4. The van der Waals surface area contributed by atoms with Crippen LogP contribution in [0.3, 0.4) is 0 Å². The molecule has 4 aromatic rings. The lowest BCUT2D eigenvalue weighted by atomic mass is 10.1. The van der Waals surface area contributed by atoms with Gasteiger partial charge in [0, 0.05) is 36.6 Å². The topological polar surface area (TPSA) is 122 Å². The van der Waals surface area contributed by atoms with Gasteiger partial charge in [0.2, 0.25) is 16.0 Å². The van der Waals surface area contributed by atoms with Crippen LogP contribution in [0.5, 0.6) is 5.75 Å². The van der Waals surface area contributed by atoms with Crippen molar-refractivity contribution in [3.05, 3.63) is 72.0 Å². The maximum Gasteiger partial charge on any atom is 0.240 e. The SMILES string of the molecule is CC(C)(C)n1cc(-c2ccnc(NCCCNS(=O)(=O)c3ccccc3)n2)c(-c2ccc(Cl)c(O)c2)n1. The van der Waals surface area contributed by atoms with E-state index in [0.717, 1.165) is 5.56 Å². The van der Waals surface area contributed by atoms with Crippen molar-refractivity contribution in [3.8, 4) is 28.3 Å². The molecule has 2 aromatic heterocycles. The van der Waals surface area contributed by atoms with Crippen LogP contribution in [-0.2, 0) is 15.6 Å².